The Balaban J connectivity index is 1.71. The molecule has 8 nitrogen and oxygen atoms in total. The number of benzene rings is 1. The number of nitro benzene ring substituents is 1. The molecule has 2 heterocycles. The van der Waals surface area contributed by atoms with Crippen molar-refractivity contribution in [3.63, 3.8) is 0 Å². The number of aryl methyl sites for hydroxylation is 1. The second-order valence-electron chi connectivity index (χ2n) is 5.37. The second kappa shape index (κ2) is 7.39. The first-order valence-electron chi connectivity index (χ1n) is 7.64. The van der Waals surface area contributed by atoms with E-state index in [4.69, 9.17) is 4.42 Å². The number of furan rings is 1. The second-order valence-corrected chi connectivity index (χ2v) is 5.37. The Hall–Kier alpha value is -3.81. The molecule has 8 heteroatoms. The van der Waals surface area contributed by atoms with Crippen molar-refractivity contribution in [3.05, 3.63) is 81.9 Å². The third-order valence-corrected chi connectivity index (χ3v) is 3.57. The molecule has 0 saturated carbocycles. The van der Waals surface area contributed by atoms with E-state index in [2.05, 4.69) is 15.5 Å². The zero-order valence-corrected chi connectivity index (χ0v) is 13.7. The molecule has 0 bridgehead atoms. The Morgan fingerprint density at radius 3 is 2.85 bits per heavy atom. The molecule has 130 valence electrons. The van der Waals surface area contributed by atoms with Gasteiger partial charge < -0.3 is 4.42 Å². The zero-order chi connectivity index (χ0) is 18.5. The van der Waals surface area contributed by atoms with Crippen molar-refractivity contribution in [2.24, 2.45) is 5.10 Å². The number of amides is 1. The molecule has 2 aromatic heterocycles. The van der Waals surface area contributed by atoms with Crippen molar-refractivity contribution >= 4 is 17.8 Å². The summed E-state index contributed by atoms with van der Waals surface area (Å²) < 4.78 is 5.59. The summed E-state index contributed by atoms with van der Waals surface area (Å²) in [5.41, 5.74) is 3.77. The first kappa shape index (κ1) is 17.0. The van der Waals surface area contributed by atoms with E-state index in [0.717, 1.165) is 0 Å². The van der Waals surface area contributed by atoms with Gasteiger partial charge in [-0.1, -0.05) is 18.2 Å². The molecule has 1 amide bonds. The van der Waals surface area contributed by atoms with Gasteiger partial charge in [0.05, 0.1) is 11.1 Å². The summed E-state index contributed by atoms with van der Waals surface area (Å²) in [6.07, 6.45) is 2.85. The molecule has 1 N–H and O–H groups in total. The van der Waals surface area contributed by atoms with Gasteiger partial charge in [-0.15, -0.1) is 0 Å². The van der Waals surface area contributed by atoms with Crippen molar-refractivity contribution in [2.75, 3.05) is 0 Å². The molecule has 0 aliphatic heterocycles. The molecular weight excluding hydrogens is 336 g/mol. The predicted octanol–water partition coefficient (Wildman–Crippen LogP) is 3.32. The van der Waals surface area contributed by atoms with Crippen molar-refractivity contribution in [1.82, 2.24) is 10.4 Å². The average Bonchev–Trinajstić information content (AvgIpc) is 3.11. The molecule has 3 rings (SSSR count). The van der Waals surface area contributed by atoms with Crippen LogP contribution in [-0.2, 0) is 0 Å². The lowest BCUT2D eigenvalue weighted by molar-refractivity contribution is -0.385. The Morgan fingerprint density at radius 2 is 2.12 bits per heavy atom. The van der Waals surface area contributed by atoms with E-state index < -0.39 is 10.8 Å². The van der Waals surface area contributed by atoms with E-state index >= 15 is 0 Å². The first-order chi connectivity index (χ1) is 12.5. The molecule has 0 aliphatic carbocycles. The third-order valence-electron chi connectivity index (χ3n) is 3.57. The fraction of sp³-hybridized carbons (Fsp3) is 0.0556. The molecule has 0 unspecified atom stereocenters. The minimum Gasteiger partial charge on any atom is -0.455 e. The van der Waals surface area contributed by atoms with Crippen molar-refractivity contribution in [1.29, 1.82) is 0 Å². The number of carbonyl (C=O) groups excluding carboxylic acids is 1. The normalized spacial score (nSPS) is 10.8. The van der Waals surface area contributed by atoms with Crippen LogP contribution in [0.5, 0.6) is 0 Å². The summed E-state index contributed by atoms with van der Waals surface area (Å²) in [7, 11) is 0. The minimum absolute atomic E-state index is 0.0248. The molecule has 26 heavy (non-hydrogen) atoms. The van der Waals surface area contributed by atoms with E-state index in [9.17, 15) is 14.9 Å². The molecule has 0 fully saturated rings. The topological polar surface area (TPSA) is 111 Å². The molecule has 1 aromatic carbocycles. The molecule has 0 aliphatic rings. The van der Waals surface area contributed by atoms with Gasteiger partial charge in [-0.05, 0) is 31.2 Å². The van der Waals surface area contributed by atoms with E-state index in [1.807, 2.05) is 0 Å². The van der Waals surface area contributed by atoms with Crippen LogP contribution in [0, 0.1) is 17.0 Å². The van der Waals surface area contributed by atoms with Gasteiger partial charge >= 0.3 is 0 Å². The highest BCUT2D eigenvalue weighted by molar-refractivity contribution is 5.92. The molecule has 0 radical (unpaired) electrons. The first-order valence-corrected chi connectivity index (χ1v) is 7.64. The van der Waals surface area contributed by atoms with Crippen LogP contribution in [0.3, 0.4) is 0 Å². The highest BCUT2D eigenvalue weighted by Crippen LogP contribution is 2.27. The largest absolute Gasteiger partial charge is 0.455 e. The van der Waals surface area contributed by atoms with Gasteiger partial charge in [0.2, 0.25) is 0 Å². The lowest BCUT2D eigenvalue weighted by atomic mass is 10.1. The number of hydrogen-bond donors (Lipinski definition) is 1. The van der Waals surface area contributed by atoms with Gasteiger partial charge in [-0.2, -0.15) is 5.10 Å². The number of pyridine rings is 1. The Morgan fingerprint density at radius 1 is 1.27 bits per heavy atom. The van der Waals surface area contributed by atoms with Crippen LogP contribution in [-0.4, -0.2) is 22.0 Å². The number of hydrazone groups is 1. The van der Waals surface area contributed by atoms with Crippen LogP contribution in [0.15, 0.2) is 64.2 Å². The number of rotatable bonds is 5. The lowest BCUT2D eigenvalue weighted by Crippen LogP contribution is -2.18. The van der Waals surface area contributed by atoms with Crippen molar-refractivity contribution in [3.8, 4) is 11.3 Å². The molecule has 0 saturated heterocycles. The minimum atomic E-state index is -0.442. The van der Waals surface area contributed by atoms with Crippen LogP contribution in [0.1, 0.15) is 21.8 Å². The van der Waals surface area contributed by atoms with Crippen LogP contribution < -0.4 is 5.43 Å². The maximum Gasteiger partial charge on any atom is 0.289 e. The fourth-order valence-corrected chi connectivity index (χ4v) is 2.25. The van der Waals surface area contributed by atoms with Crippen LogP contribution >= 0.6 is 0 Å². The number of aromatic nitrogens is 1. The summed E-state index contributed by atoms with van der Waals surface area (Å²) in [5, 5.41) is 14.9. The van der Waals surface area contributed by atoms with Gasteiger partial charge in [0.15, 0.2) is 0 Å². The Kier molecular flexibility index (Phi) is 4.84. The monoisotopic (exact) mass is 350 g/mol. The molecule has 3 aromatic rings. The number of carbonyl (C=O) groups is 1. The fourth-order valence-electron chi connectivity index (χ4n) is 2.25. The van der Waals surface area contributed by atoms with Gasteiger partial charge in [-0.3, -0.25) is 19.9 Å². The summed E-state index contributed by atoms with van der Waals surface area (Å²) in [6, 6.07) is 13.2. The summed E-state index contributed by atoms with van der Waals surface area (Å²) in [5.74, 6) is 0.415. The quantitative estimate of drug-likeness (QED) is 0.431. The van der Waals surface area contributed by atoms with Crippen LogP contribution in [0.25, 0.3) is 11.3 Å². The molecular formula is C18H14N4O4. The molecule has 0 atom stereocenters. The maximum absolute atomic E-state index is 11.8. The number of hydrogen-bond acceptors (Lipinski definition) is 6. The SMILES string of the molecule is Cc1ccc(-c2ccc(C=NNC(=O)c3ccccn3)o2)cc1[N+](=O)[O-]. The van der Waals surface area contributed by atoms with E-state index in [0.29, 0.717) is 22.6 Å². The number of nitrogens with zero attached hydrogens (tertiary/aromatic N) is 3. The highest BCUT2D eigenvalue weighted by Gasteiger charge is 2.13. The summed E-state index contributed by atoms with van der Waals surface area (Å²) in [4.78, 5) is 26.3. The Labute approximate surface area is 148 Å². The Bertz CT molecular complexity index is 980. The van der Waals surface area contributed by atoms with Crippen molar-refractivity contribution < 1.29 is 14.1 Å². The smallest absolute Gasteiger partial charge is 0.289 e. The number of nitrogens with one attached hydrogen (secondary N) is 1. The van der Waals surface area contributed by atoms with Gasteiger partial charge in [0.1, 0.15) is 17.2 Å². The summed E-state index contributed by atoms with van der Waals surface area (Å²) in [6.45, 7) is 1.67. The van der Waals surface area contributed by atoms with Crippen molar-refractivity contribution in [2.45, 2.75) is 6.92 Å². The van der Waals surface area contributed by atoms with Gasteiger partial charge in [0.25, 0.3) is 11.6 Å². The van der Waals surface area contributed by atoms with E-state index in [1.54, 1.807) is 49.4 Å². The highest BCUT2D eigenvalue weighted by atomic mass is 16.6. The molecule has 0 spiro atoms. The standard InChI is InChI=1S/C18H14N4O4/c1-12-5-6-13(10-16(12)22(24)25)17-8-7-14(26-17)11-20-21-18(23)15-4-2-3-9-19-15/h2-11H,1H3,(H,21,23). The lowest BCUT2D eigenvalue weighted by Gasteiger charge is -2.00. The number of nitro groups is 1. The van der Waals surface area contributed by atoms with Crippen LogP contribution in [0.4, 0.5) is 5.69 Å². The van der Waals surface area contributed by atoms with Crippen LogP contribution in [0.2, 0.25) is 0 Å². The predicted molar refractivity (Wildman–Crippen MR) is 94.8 cm³/mol. The summed E-state index contributed by atoms with van der Waals surface area (Å²) >= 11 is 0. The third kappa shape index (κ3) is 3.81. The van der Waals surface area contributed by atoms with Gasteiger partial charge in [-0.25, -0.2) is 5.43 Å². The van der Waals surface area contributed by atoms with E-state index in [1.165, 1.54) is 18.5 Å². The van der Waals surface area contributed by atoms with E-state index in [-0.39, 0.29) is 11.4 Å². The zero-order valence-electron chi connectivity index (χ0n) is 13.7. The average molecular weight is 350 g/mol. The van der Waals surface area contributed by atoms with Gasteiger partial charge in [0, 0.05) is 23.4 Å². The maximum atomic E-state index is 11.8.